The highest BCUT2D eigenvalue weighted by Crippen LogP contribution is 2.44. The number of aliphatic imine (C=N–C) groups is 1. The van der Waals surface area contributed by atoms with E-state index >= 15 is 0 Å². The van der Waals surface area contributed by atoms with Gasteiger partial charge in [-0.1, -0.05) is 24.6 Å². The maximum absolute atomic E-state index is 13.1. The van der Waals surface area contributed by atoms with Gasteiger partial charge in [0, 0.05) is 31.1 Å². The van der Waals surface area contributed by atoms with Crippen LogP contribution < -0.4 is 15.4 Å². The van der Waals surface area contributed by atoms with Gasteiger partial charge in [0.25, 0.3) is 0 Å². The topological polar surface area (TPSA) is 82.6 Å². The minimum absolute atomic E-state index is 0.288. The standard InChI is InChI=1S/C19H29F3N4O2S/c1-17(2,26-29(4,27)28)12-24-16(23-3)25-13-18(9-6-10-18)14-7-5-8-15(11-14)19(20,21)22/h5,7-8,11,26H,6,9-10,12-13H2,1-4H3,(H2,23,24,25). The number of guanidine groups is 1. The summed E-state index contributed by atoms with van der Waals surface area (Å²) in [7, 11) is -1.77. The van der Waals surface area contributed by atoms with Crippen molar-refractivity contribution < 1.29 is 21.6 Å². The lowest BCUT2D eigenvalue weighted by Crippen LogP contribution is -2.54. The summed E-state index contributed by atoms with van der Waals surface area (Å²) in [4.78, 5) is 4.14. The van der Waals surface area contributed by atoms with E-state index in [1.54, 1.807) is 27.0 Å². The molecule has 2 rings (SSSR count). The van der Waals surface area contributed by atoms with Crippen LogP contribution in [0, 0.1) is 0 Å². The van der Waals surface area contributed by atoms with Crippen LogP contribution in [-0.4, -0.2) is 46.3 Å². The third kappa shape index (κ3) is 6.60. The monoisotopic (exact) mass is 434 g/mol. The van der Waals surface area contributed by atoms with Crippen molar-refractivity contribution in [2.24, 2.45) is 4.99 Å². The number of hydrogen-bond acceptors (Lipinski definition) is 3. The van der Waals surface area contributed by atoms with Gasteiger partial charge in [0.05, 0.1) is 11.8 Å². The summed E-state index contributed by atoms with van der Waals surface area (Å²) in [6.45, 7) is 4.21. The Morgan fingerprint density at radius 2 is 1.86 bits per heavy atom. The molecular weight excluding hydrogens is 405 g/mol. The molecule has 0 saturated heterocycles. The van der Waals surface area contributed by atoms with Crippen LogP contribution in [0.3, 0.4) is 0 Å². The quantitative estimate of drug-likeness (QED) is 0.455. The summed E-state index contributed by atoms with van der Waals surface area (Å²) in [5.41, 5.74) is -1.09. The number of rotatable bonds is 7. The molecule has 1 aliphatic rings. The first-order chi connectivity index (χ1) is 13.3. The smallest absolute Gasteiger partial charge is 0.356 e. The molecule has 164 valence electrons. The molecule has 1 saturated carbocycles. The van der Waals surface area contributed by atoms with Gasteiger partial charge in [-0.3, -0.25) is 4.99 Å². The van der Waals surface area contributed by atoms with E-state index in [1.807, 2.05) is 0 Å². The van der Waals surface area contributed by atoms with Crippen molar-refractivity contribution in [2.75, 3.05) is 26.4 Å². The zero-order valence-electron chi connectivity index (χ0n) is 17.2. The molecule has 1 aromatic carbocycles. The second kappa shape index (κ2) is 8.51. The third-order valence-corrected chi connectivity index (χ3v) is 6.01. The number of hydrogen-bond donors (Lipinski definition) is 3. The Hall–Kier alpha value is -1.81. The van der Waals surface area contributed by atoms with Gasteiger partial charge in [-0.05, 0) is 38.3 Å². The van der Waals surface area contributed by atoms with Crippen molar-refractivity contribution in [3.8, 4) is 0 Å². The van der Waals surface area contributed by atoms with Gasteiger partial charge < -0.3 is 10.6 Å². The SMILES string of the molecule is CN=C(NCC(C)(C)NS(C)(=O)=O)NCC1(c2cccc(C(F)(F)F)c2)CCC1. The molecule has 6 nitrogen and oxygen atoms in total. The molecule has 1 aliphatic carbocycles. The fourth-order valence-corrected chi connectivity index (χ4v) is 4.59. The Labute approximate surface area is 170 Å². The number of nitrogens with zero attached hydrogens (tertiary/aromatic N) is 1. The van der Waals surface area contributed by atoms with Gasteiger partial charge in [0.15, 0.2) is 5.96 Å². The van der Waals surface area contributed by atoms with Crippen LogP contribution in [0.4, 0.5) is 13.2 Å². The lowest BCUT2D eigenvalue weighted by atomic mass is 9.64. The van der Waals surface area contributed by atoms with Crippen molar-refractivity contribution in [1.82, 2.24) is 15.4 Å². The zero-order valence-corrected chi connectivity index (χ0v) is 18.0. The first-order valence-corrected chi connectivity index (χ1v) is 11.3. The predicted molar refractivity (Wildman–Crippen MR) is 108 cm³/mol. The maximum Gasteiger partial charge on any atom is 0.416 e. The summed E-state index contributed by atoms with van der Waals surface area (Å²) in [5.74, 6) is 0.464. The van der Waals surface area contributed by atoms with E-state index in [2.05, 4.69) is 20.3 Å². The zero-order chi connectivity index (χ0) is 21.9. The lowest BCUT2D eigenvalue weighted by Gasteiger charge is -2.43. The number of nitrogens with one attached hydrogen (secondary N) is 3. The van der Waals surface area contributed by atoms with Gasteiger partial charge >= 0.3 is 6.18 Å². The van der Waals surface area contributed by atoms with E-state index in [-0.39, 0.29) is 12.0 Å². The number of sulfonamides is 1. The van der Waals surface area contributed by atoms with Crippen molar-refractivity contribution in [3.63, 3.8) is 0 Å². The van der Waals surface area contributed by atoms with Crippen LogP contribution >= 0.6 is 0 Å². The summed E-state index contributed by atoms with van der Waals surface area (Å²) in [6.07, 6.45) is -0.741. The summed E-state index contributed by atoms with van der Waals surface area (Å²) < 4.78 is 64.7. The van der Waals surface area contributed by atoms with Gasteiger partial charge in [-0.25, -0.2) is 13.1 Å². The van der Waals surface area contributed by atoms with Crippen LogP contribution in [0.15, 0.2) is 29.3 Å². The van der Waals surface area contributed by atoms with E-state index in [0.29, 0.717) is 18.1 Å². The van der Waals surface area contributed by atoms with Crippen LogP contribution in [0.2, 0.25) is 0 Å². The Bertz CT molecular complexity index is 847. The van der Waals surface area contributed by atoms with E-state index in [4.69, 9.17) is 0 Å². The van der Waals surface area contributed by atoms with Gasteiger partial charge in [0.1, 0.15) is 0 Å². The highest BCUT2D eigenvalue weighted by Gasteiger charge is 2.40. The fraction of sp³-hybridized carbons (Fsp3) is 0.632. The average molecular weight is 435 g/mol. The van der Waals surface area contributed by atoms with Crippen molar-refractivity contribution >= 4 is 16.0 Å². The van der Waals surface area contributed by atoms with Crippen LogP contribution in [0.25, 0.3) is 0 Å². The number of halogens is 3. The predicted octanol–water partition coefficient (Wildman–Crippen LogP) is 2.62. The Morgan fingerprint density at radius 3 is 2.34 bits per heavy atom. The Morgan fingerprint density at radius 1 is 1.21 bits per heavy atom. The van der Waals surface area contributed by atoms with E-state index in [1.165, 1.54) is 12.1 Å². The van der Waals surface area contributed by atoms with Crippen molar-refractivity contribution in [2.45, 2.75) is 50.2 Å². The van der Waals surface area contributed by atoms with E-state index < -0.39 is 27.3 Å². The largest absolute Gasteiger partial charge is 0.416 e. The molecular formula is C19H29F3N4O2S. The Kier molecular flexibility index (Phi) is 6.89. The molecule has 0 heterocycles. The molecule has 3 N–H and O–H groups in total. The Balaban J connectivity index is 2.04. The second-order valence-corrected chi connectivity index (χ2v) is 10.00. The molecule has 0 amide bonds. The number of benzene rings is 1. The molecule has 0 bridgehead atoms. The summed E-state index contributed by atoms with van der Waals surface area (Å²) in [6, 6.07) is 5.51. The average Bonchev–Trinajstić information content (AvgIpc) is 2.54. The minimum Gasteiger partial charge on any atom is -0.356 e. The van der Waals surface area contributed by atoms with Gasteiger partial charge in [0.2, 0.25) is 10.0 Å². The lowest BCUT2D eigenvalue weighted by molar-refractivity contribution is -0.137. The summed E-state index contributed by atoms with van der Waals surface area (Å²) in [5, 5.41) is 6.26. The first kappa shape index (κ1) is 23.5. The molecule has 29 heavy (non-hydrogen) atoms. The van der Waals surface area contributed by atoms with Crippen LogP contribution in [0.5, 0.6) is 0 Å². The van der Waals surface area contributed by atoms with E-state index in [9.17, 15) is 21.6 Å². The van der Waals surface area contributed by atoms with Gasteiger partial charge in [-0.2, -0.15) is 13.2 Å². The molecule has 1 fully saturated rings. The summed E-state index contributed by atoms with van der Waals surface area (Å²) >= 11 is 0. The van der Waals surface area contributed by atoms with Crippen molar-refractivity contribution in [1.29, 1.82) is 0 Å². The van der Waals surface area contributed by atoms with E-state index in [0.717, 1.165) is 31.6 Å². The third-order valence-electron chi connectivity index (χ3n) is 5.09. The molecule has 0 atom stereocenters. The minimum atomic E-state index is -4.37. The van der Waals surface area contributed by atoms with Crippen LogP contribution in [-0.2, 0) is 21.6 Å². The van der Waals surface area contributed by atoms with Gasteiger partial charge in [-0.15, -0.1) is 0 Å². The number of alkyl halides is 3. The second-order valence-electron chi connectivity index (χ2n) is 8.25. The molecule has 0 spiro atoms. The molecule has 0 radical (unpaired) electrons. The maximum atomic E-state index is 13.1. The molecule has 0 aromatic heterocycles. The van der Waals surface area contributed by atoms with Crippen molar-refractivity contribution in [3.05, 3.63) is 35.4 Å². The highest BCUT2D eigenvalue weighted by molar-refractivity contribution is 7.88. The molecule has 10 heteroatoms. The normalized spacial score (nSPS) is 17.6. The fourth-order valence-electron chi connectivity index (χ4n) is 3.51. The molecule has 1 aromatic rings. The highest BCUT2D eigenvalue weighted by atomic mass is 32.2. The first-order valence-electron chi connectivity index (χ1n) is 9.38. The molecule has 0 unspecified atom stereocenters. The molecule has 0 aliphatic heterocycles. The van der Waals surface area contributed by atoms with Crippen LogP contribution in [0.1, 0.15) is 44.2 Å².